The van der Waals surface area contributed by atoms with Crippen molar-refractivity contribution < 1.29 is 4.74 Å². The Kier molecular flexibility index (Phi) is 3.13. The number of benzene rings is 1. The predicted molar refractivity (Wildman–Crippen MR) is 67.1 cm³/mol. The van der Waals surface area contributed by atoms with Crippen molar-refractivity contribution in [3.05, 3.63) is 30.0 Å². The van der Waals surface area contributed by atoms with Gasteiger partial charge in [-0.25, -0.2) is 0 Å². The molecule has 17 heavy (non-hydrogen) atoms. The van der Waals surface area contributed by atoms with Gasteiger partial charge in [0.05, 0.1) is 13.3 Å². The van der Waals surface area contributed by atoms with E-state index in [1.165, 1.54) is 5.56 Å². The number of ether oxygens (including phenoxy) is 1. The Morgan fingerprint density at radius 2 is 2.06 bits per heavy atom. The fourth-order valence-corrected chi connectivity index (χ4v) is 1.91. The molecule has 4 heteroatoms. The van der Waals surface area contributed by atoms with E-state index >= 15 is 0 Å². The molecule has 0 saturated heterocycles. The summed E-state index contributed by atoms with van der Waals surface area (Å²) in [6.07, 6.45) is 1.89. The van der Waals surface area contributed by atoms with Crippen LogP contribution in [0.25, 0.3) is 11.3 Å². The molecule has 4 nitrogen and oxygen atoms in total. The summed E-state index contributed by atoms with van der Waals surface area (Å²) in [5, 5.41) is 8.08. The van der Waals surface area contributed by atoms with Gasteiger partial charge in [0.15, 0.2) is 0 Å². The lowest BCUT2D eigenvalue weighted by atomic mass is 9.98. The summed E-state index contributed by atoms with van der Waals surface area (Å²) >= 11 is 0. The largest absolute Gasteiger partial charge is 0.496 e. The number of hydrogen-bond donors (Lipinski definition) is 0. The van der Waals surface area contributed by atoms with Gasteiger partial charge in [0.25, 0.3) is 0 Å². The van der Waals surface area contributed by atoms with Gasteiger partial charge >= 0.3 is 0 Å². The minimum atomic E-state index is 0.418. The van der Waals surface area contributed by atoms with Crippen molar-refractivity contribution in [2.75, 3.05) is 7.11 Å². The first kappa shape index (κ1) is 11.6. The molecule has 90 valence electrons. The minimum absolute atomic E-state index is 0.418. The smallest absolute Gasteiger partial charge is 0.131 e. The molecule has 0 aliphatic heterocycles. The first-order valence-corrected chi connectivity index (χ1v) is 5.67. The Labute approximate surface area is 101 Å². The van der Waals surface area contributed by atoms with Crippen LogP contribution in [0.5, 0.6) is 5.75 Å². The number of para-hydroxylation sites is 1. The molecule has 0 aliphatic carbocycles. The summed E-state index contributed by atoms with van der Waals surface area (Å²) in [5.41, 5.74) is 3.02. The molecule has 0 aliphatic rings. The van der Waals surface area contributed by atoms with E-state index in [0.717, 1.165) is 17.0 Å². The summed E-state index contributed by atoms with van der Waals surface area (Å²) < 4.78 is 7.22. The average molecular weight is 231 g/mol. The molecule has 1 aromatic heterocycles. The maximum Gasteiger partial charge on any atom is 0.131 e. The second kappa shape index (κ2) is 4.57. The van der Waals surface area contributed by atoms with Gasteiger partial charge in [-0.3, -0.25) is 4.68 Å². The van der Waals surface area contributed by atoms with Gasteiger partial charge < -0.3 is 4.74 Å². The van der Waals surface area contributed by atoms with E-state index < -0.39 is 0 Å². The van der Waals surface area contributed by atoms with Crippen LogP contribution in [0.1, 0.15) is 25.3 Å². The third-order valence-electron chi connectivity index (χ3n) is 2.75. The van der Waals surface area contributed by atoms with Crippen LogP contribution in [-0.2, 0) is 7.05 Å². The number of hydrogen-bond acceptors (Lipinski definition) is 3. The molecule has 0 bridgehead atoms. The maximum atomic E-state index is 5.52. The molecular weight excluding hydrogens is 214 g/mol. The Morgan fingerprint density at radius 1 is 1.29 bits per heavy atom. The molecule has 1 heterocycles. The van der Waals surface area contributed by atoms with Crippen molar-refractivity contribution >= 4 is 0 Å². The van der Waals surface area contributed by atoms with E-state index in [-0.39, 0.29) is 0 Å². The number of rotatable bonds is 3. The van der Waals surface area contributed by atoms with Crippen molar-refractivity contribution in [3.63, 3.8) is 0 Å². The summed E-state index contributed by atoms with van der Waals surface area (Å²) in [6.45, 7) is 4.30. The van der Waals surface area contributed by atoms with Crippen LogP contribution in [-0.4, -0.2) is 22.1 Å². The summed E-state index contributed by atoms with van der Waals surface area (Å²) in [4.78, 5) is 0. The van der Waals surface area contributed by atoms with Gasteiger partial charge in [-0.2, -0.15) is 0 Å². The third kappa shape index (κ3) is 2.16. The van der Waals surface area contributed by atoms with Crippen LogP contribution >= 0.6 is 0 Å². The van der Waals surface area contributed by atoms with E-state index in [9.17, 15) is 0 Å². The van der Waals surface area contributed by atoms with Gasteiger partial charge in [-0.15, -0.1) is 5.10 Å². The van der Waals surface area contributed by atoms with Crippen LogP contribution in [0.15, 0.2) is 24.4 Å². The Hall–Kier alpha value is -1.84. The zero-order valence-corrected chi connectivity index (χ0v) is 10.6. The standard InChI is InChI=1S/C13H17N3O/c1-9(2)10-6-5-7-11(13(10)17-4)12-8-16(3)15-14-12/h5-9H,1-4H3. The minimum Gasteiger partial charge on any atom is -0.496 e. The zero-order chi connectivity index (χ0) is 12.4. The predicted octanol–water partition coefficient (Wildman–Crippen LogP) is 2.61. The Balaban J connectivity index is 2.58. The second-order valence-corrected chi connectivity index (χ2v) is 4.36. The lowest BCUT2D eigenvalue weighted by Crippen LogP contribution is -1.96. The topological polar surface area (TPSA) is 39.9 Å². The lowest BCUT2D eigenvalue weighted by Gasteiger charge is -2.14. The van der Waals surface area contributed by atoms with Crippen LogP contribution in [0.2, 0.25) is 0 Å². The van der Waals surface area contributed by atoms with Gasteiger partial charge in [-0.1, -0.05) is 31.2 Å². The van der Waals surface area contributed by atoms with Gasteiger partial charge in [0.2, 0.25) is 0 Å². The molecule has 1 aromatic carbocycles. The summed E-state index contributed by atoms with van der Waals surface area (Å²) in [7, 11) is 3.55. The van der Waals surface area contributed by atoms with Crippen molar-refractivity contribution in [2.24, 2.45) is 7.05 Å². The number of aromatic nitrogens is 3. The van der Waals surface area contributed by atoms with Crippen LogP contribution in [0.4, 0.5) is 0 Å². The molecular formula is C13H17N3O. The van der Waals surface area contributed by atoms with E-state index in [1.54, 1.807) is 11.8 Å². The van der Waals surface area contributed by atoms with Crippen LogP contribution < -0.4 is 4.74 Å². The summed E-state index contributed by atoms with van der Waals surface area (Å²) in [5.74, 6) is 1.31. The number of nitrogens with zero attached hydrogens (tertiary/aromatic N) is 3. The quantitative estimate of drug-likeness (QED) is 0.815. The molecule has 0 spiro atoms. The molecule has 0 saturated carbocycles. The Morgan fingerprint density at radius 3 is 2.59 bits per heavy atom. The normalized spacial score (nSPS) is 10.9. The fourth-order valence-electron chi connectivity index (χ4n) is 1.91. The van der Waals surface area contributed by atoms with Crippen molar-refractivity contribution in [1.82, 2.24) is 15.0 Å². The molecule has 0 unspecified atom stereocenters. The highest BCUT2D eigenvalue weighted by Gasteiger charge is 2.14. The monoisotopic (exact) mass is 231 g/mol. The second-order valence-electron chi connectivity index (χ2n) is 4.36. The number of methoxy groups -OCH3 is 1. The molecule has 2 aromatic rings. The zero-order valence-electron chi connectivity index (χ0n) is 10.6. The van der Waals surface area contributed by atoms with Crippen molar-refractivity contribution in [3.8, 4) is 17.0 Å². The number of aryl methyl sites for hydroxylation is 1. The average Bonchev–Trinajstić information content (AvgIpc) is 2.74. The lowest BCUT2D eigenvalue weighted by molar-refractivity contribution is 0.409. The highest BCUT2D eigenvalue weighted by atomic mass is 16.5. The maximum absolute atomic E-state index is 5.52. The van der Waals surface area contributed by atoms with E-state index in [1.807, 2.05) is 25.4 Å². The van der Waals surface area contributed by atoms with Crippen molar-refractivity contribution in [2.45, 2.75) is 19.8 Å². The van der Waals surface area contributed by atoms with Gasteiger partial charge in [0.1, 0.15) is 11.4 Å². The van der Waals surface area contributed by atoms with Gasteiger partial charge in [0, 0.05) is 12.6 Å². The first-order valence-electron chi connectivity index (χ1n) is 5.67. The summed E-state index contributed by atoms with van der Waals surface area (Å²) in [6, 6.07) is 6.12. The molecule has 0 atom stereocenters. The van der Waals surface area contributed by atoms with Crippen LogP contribution in [0.3, 0.4) is 0 Å². The van der Waals surface area contributed by atoms with E-state index in [4.69, 9.17) is 4.74 Å². The highest BCUT2D eigenvalue weighted by Crippen LogP contribution is 2.35. The molecule has 0 radical (unpaired) electrons. The van der Waals surface area contributed by atoms with E-state index in [0.29, 0.717) is 5.92 Å². The molecule has 0 N–H and O–H groups in total. The molecule has 2 rings (SSSR count). The SMILES string of the molecule is COc1c(-c2cn(C)nn2)cccc1C(C)C. The highest BCUT2D eigenvalue weighted by molar-refractivity contribution is 5.68. The fraction of sp³-hybridized carbons (Fsp3) is 0.385. The Bertz CT molecular complexity index is 517. The van der Waals surface area contributed by atoms with Crippen molar-refractivity contribution in [1.29, 1.82) is 0 Å². The molecule has 0 amide bonds. The molecule has 0 fully saturated rings. The van der Waals surface area contributed by atoms with E-state index in [2.05, 4.69) is 30.2 Å². The third-order valence-corrected chi connectivity index (χ3v) is 2.75. The first-order chi connectivity index (χ1) is 8.13. The van der Waals surface area contributed by atoms with Gasteiger partial charge in [-0.05, 0) is 17.5 Å². The van der Waals surface area contributed by atoms with Crippen LogP contribution in [0, 0.1) is 0 Å².